The monoisotopic (exact) mass is 313 g/mol. The molecule has 0 aliphatic carbocycles. The lowest BCUT2D eigenvalue weighted by Gasteiger charge is -2.11. The first-order valence-corrected chi connectivity index (χ1v) is 6.68. The summed E-state index contributed by atoms with van der Waals surface area (Å²) < 4.78 is 2.82. The summed E-state index contributed by atoms with van der Waals surface area (Å²) in [7, 11) is 1.89. The second kappa shape index (κ2) is 5.20. The number of rotatable bonds is 3. The summed E-state index contributed by atoms with van der Waals surface area (Å²) in [5.74, 6) is 0. The maximum absolute atomic E-state index is 9.72. The first-order valence-electron chi connectivity index (χ1n) is 5.07. The number of hydrogen-bond donors (Lipinski definition) is 1. The van der Waals surface area contributed by atoms with Gasteiger partial charge in [0.15, 0.2) is 5.16 Å². The molecule has 2 aromatic rings. The van der Waals surface area contributed by atoms with Crippen LogP contribution >= 0.6 is 27.7 Å². The summed E-state index contributed by atoms with van der Waals surface area (Å²) >= 11 is 4.92. The first kappa shape index (κ1) is 12.6. The molecule has 0 saturated heterocycles. The van der Waals surface area contributed by atoms with Gasteiger partial charge in [0, 0.05) is 16.4 Å². The van der Waals surface area contributed by atoms with E-state index in [9.17, 15) is 5.11 Å². The van der Waals surface area contributed by atoms with Crippen LogP contribution in [0.25, 0.3) is 0 Å². The molecule has 0 amide bonds. The van der Waals surface area contributed by atoms with Crippen molar-refractivity contribution in [1.29, 1.82) is 0 Å². The minimum absolute atomic E-state index is 0.501. The molecule has 1 heterocycles. The van der Waals surface area contributed by atoms with Gasteiger partial charge in [0.25, 0.3) is 0 Å². The third kappa shape index (κ3) is 2.88. The summed E-state index contributed by atoms with van der Waals surface area (Å²) in [5, 5.41) is 18.4. The lowest BCUT2D eigenvalue weighted by molar-refractivity contribution is 0.196. The maximum atomic E-state index is 9.72. The molecule has 6 heteroatoms. The second-order valence-corrected chi connectivity index (χ2v) is 5.61. The molecule has 0 radical (unpaired) electrons. The zero-order valence-electron chi connectivity index (χ0n) is 9.46. The lowest BCUT2D eigenvalue weighted by Crippen LogP contribution is -1.95. The molecule has 0 spiro atoms. The van der Waals surface area contributed by atoms with Crippen molar-refractivity contribution >= 4 is 27.7 Å². The zero-order chi connectivity index (χ0) is 12.4. The van der Waals surface area contributed by atoms with Crippen LogP contribution in [0.2, 0.25) is 0 Å². The van der Waals surface area contributed by atoms with Crippen molar-refractivity contribution in [3.63, 3.8) is 0 Å². The Bertz CT molecular complexity index is 527. The number of aliphatic hydroxyl groups excluding tert-OH is 1. The molecule has 0 saturated carbocycles. The quantitative estimate of drug-likeness (QED) is 0.946. The van der Waals surface area contributed by atoms with Crippen LogP contribution in [0.3, 0.4) is 0 Å². The van der Waals surface area contributed by atoms with Crippen LogP contribution in [-0.4, -0.2) is 19.9 Å². The van der Waals surface area contributed by atoms with Crippen molar-refractivity contribution in [1.82, 2.24) is 14.8 Å². The van der Waals surface area contributed by atoms with Crippen LogP contribution in [-0.2, 0) is 7.05 Å². The smallest absolute Gasteiger partial charge is 0.195 e. The molecule has 0 aliphatic heterocycles. The molecule has 1 N–H and O–H groups in total. The first-order chi connectivity index (χ1) is 8.08. The Balaban J connectivity index is 2.37. The summed E-state index contributed by atoms with van der Waals surface area (Å²) in [6.07, 6.45) is 1.15. The molecule has 1 aromatic carbocycles. The van der Waals surface area contributed by atoms with Gasteiger partial charge in [-0.2, -0.15) is 0 Å². The van der Waals surface area contributed by atoms with E-state index in [4.69, 9.17) is 0 Å². The van der Waals surface area contributed by atoms with Crippen molar-refractivity contribution in [2.24, 2.45) is 7.05 Å². The van der Waals surface area contributed by atoms with E-state index in [2.05, 4.69) is 26.1 Å². The van der Waals surface area contributed by atoms with E-state index in [0.29, 0.717) is 0 Å². The summed E-state index contributed by atoms with van der Waals surface area (Å²) in [5.41, 5.74) is 0.890. The van der Waals surface area contributed by atoms with E-state index in [-0.39, 0.29) is 0 Å². The van der Waals surface area contributed by atoms with Gasteiger partial charge in [0.1, 0.15) is 6.33 Å². The fraction of sp³-hybridized carbons (Fsp3) is 0.273. The Kier molecular flexibility index (Phi) is 3.86. The number of aromatic nitrogens is 3. The third-order valence-electron chi connectivity index (χ3n) is 2.30. The standard InChI is InChI=1S/C11H12BrN3OS/c1-7(16)9-4-3-8(12)5-10(9)17-11-14-13-6-15(11)2/h3-7,16H,1-2H3. The van der Waals surface area contributed by atoms with Gasteiger partial charge < -0.3 is 9.67 Å². The van der Waals surface area contributed by atoms with E-state index >= 15 is 0 Å². The molecule has 1 atom stereocenters. The minimum atomic E-state index is -0.501. The highest BCUT2D eigenvalue weighted by Crippen LogP contribution is 2.33. The molecule has 1 aromatic heterocycles. The van der Waals surface area contributed by atoms with E-state index in [1.807, 2.05) is 29.8 Å². The van der Waals surface area contributed by atoms with Gasteiger partial charge in [-0.3, -0.25) is 0 Å². The molecule has 17 heavy (non-hydrogen) atoms. The highest BCUT2D eigenvalue weighted by Gasteiger charge is 2.12. The van der Waals surface area contributed by atoms with E-state index < -0.39 is 6.10 Å². The van der Waals surface area contributed by atoms with Gasteiger partial charge >= 0.3 is 0 Å². The van der Waals surface area contributed by atoms with Crippen molar-refractivity contribution in [3.8, 4) is 0 Å². The minimum Gasteiger partial charge on any atom is -0.389 e. The van der Waals surface area contributed by atoms with E-state index in [0.717, 1.165) is 20.1 Å². The van der Waals surface area contributed by atoms with Crippen LogP contribution in [0.4, 0.5) is 0 Å². The number of hydrogen-bond acceptors (Lipinski definition) is 4. The van der Waals surface area contributed by atoms with Gasteiger partial charge in [-0.1, -0.05) is 22.0 Å². The lowest BCUT2D eigenvalue weighted by atomic mass is 10.1. The molecule has 90 valence electrons. The van der Waals surface area contributed by atoms with Crippen molar-refractivity contribution in [2.45, 2.75) is 23.1 Å². The van der Waals surface area contributed by atoms with Gasteiger partial charge in [-0.25, -0.2) is 0 Å². The Hall–Kier alpha value is -0.850. The molecule has 2 rings (SSSR count). The van der Waals surface area contributed by atoms with Crippen molar-refractivity contribution in [2.75, 3.05) is 0 Å². The van der Waals surface area contributed by atoms with Crippen molar-refractivity contribution < 1.29 is 5.11 Å². The fourth-order valence-corrected chi connectivity index (χ4v) is 2.94. The predicted octanol–water partition coefficient (Wildman–Crippen LogP) is 2.78. The van der Waals surface area contributed by atoms with Gasteiger partial charge in [-0.15, -0.1) is 10.2 Å². The second-order valence-electron chi connectivity index (χ2n) is 3.68. The van der Waals surface area contributed by atoms with Crippen LogP contribution < -0.4 is 0 Å². The van der Waals surface area contributed by atoms with E-state index in [1.165, 1.54) is 11.8 Å². The van der Waals surface area contributed by atoms with Gasteiger partial charge in [0.05, 0.1) is 6.10 Å². The highest BCUT2D eigenvalue weighted by molar-refractivity contribution is 9.10. The van der Waals surface area contributed by atoms with E-state index in [1.54, 1.807) is 13.3 Å². The largest absolute Gasteiger partial charge is 0.389 e. The van der Waals surface area contributed by atoms with Crippen LogP contribution in [0, 0.1) is 0 Å². The summed E-state index contributed by atoms with van der Waals surface area (Å²) in [6, 6.07) is 5.80. The topological polar surface area (TPSA) is 50.9 Å². The highest BCUT2D eigenvalue weighted by atomic mass is 79.9. The Morgan fingerprint density at radius 2 is 2.24 bits per heavy atom. The number of benzene rings is 1. The van der Waals surface area contributed by atoms with Crippen LogP contribution in [0.15, 0.2) is 39.1 Å². The maximum Gasteiger partial charge on any atom is 0.195 e. The molecule has 4 nitrogen and oxygen atoms in total. The average Bonchev–Trinajstić information content (AvgIpc) is 2.64. The number of aryl methyl sites for hydroxylation is 1. The van der Waals surface area contributed by atoms with Gasteiger partial charge in [-0.05, 0) is 36.4 Å². The Morgan fingerprint density at radius 3 is 2.82 bits per heavy atom. The number of nitrogens with zero attached hydrogens (tertiary/aromatic N) is 3. The summed E-state index contributed by atoms with van der Waals surface area (Å²) in [6.45, 7) is 1.75. The predicted molar refractivity (Wildman–Crippen MR) is 69.9 cm³/mol. The van der Waals surface area contributed by atoms with Crippen LogP contribution in [0.1, 0.15) is 18.6 Å². The summed E-state index contributed by atoms with van der Waals surface area (Å²) in [4.78, 5) is 0.977. The normalized spacial score (nSPS) is 12.7. The molecule has 0 aliphatic rings. The van der Waals surface area contributed by atoms with Gasteiger partial charge in [0.2, 0.25) is 0 Å². The molecule has 0 fully saturated rings. The molecular weight excluding hydrogens is 302 g/mol. The molecular formula is C11H12BrN3OS. The Labute approximate surface area is 112 Å². The van der Waals surface area contributed by atoms with Crippen molar-refractivity contribution in [3.05, 3.63) is 34.6 Å². The Morgan fingerprint density at radius 1 is 1.47 bits per heavy atom. The molecule has 1 unspecified atom stereocenters. The number of halogens is 1. The number of aliphatic hydroxyl groups is 1. The fourth-order valence-electron chi connectivity index (χ4n) is 1.41. The average molecular weight is 314 g/mol. The molecule has 0 bridgehead atoms. The third-order valence-corrected chi connectivity index (χ3v) is 3.92. The SMILES string of the molecule is CC(O)c1ccc(Br)cc1Sc1nncn1C. The van der Waals surface area contributed by atoms with Crippen LogP contribution in [0.5, 0.6) is 0 Å². The zero-order valence-corrected chi connectivity index (χ0v) is 11.9.